The highest BCUT2D eigenvalue weighted by Crippen LogP contribution is 2.24. The van der Waals surface area contributed by atoms with Gasteiger partial charge >= 0.3 is 0 Å². The van der Waals surface area contributed by atoms with Crippen molar-refractivity contribution in [1.82, 2.24) is 14.6 Å². The summed E-state index contributed by atoms with van der Waals surface area (Å²) < 4.78 is 12.5. The van der Waals surface area contributed by atoms with Crippen molar-refractivity contribution in [3.05, 3.63) is 88.6 Å². The quantitative estimate of drug-likeness (QED) is 0.370. The molecular weight excluding hydrogens is 442 g/mol. The van der Waals surface area contributed by atoms with Gasteiger partial charge in [-0.3, -0.25) is 9.59 Å². The van der Waals surface area contributed by atoms with Crippen LogP contribution in [0.1, 0.15) is 25.8 Å². The molecule has 0 radical (unpaired) electrons. The van der Waals surface area contributed by atoms with Crippen LogP contribution in [0.15, 0.2) is 76.9 Å². The summed E-state index contributed by atoms with van der Waals surface area (Å²) in [5.41, 5.74) is 2.02. The van der Waals surface area contributed by atoms with Gasteiger partial charge in [-0.25, -0.2) is 9.50 Å². The fourth-order valence-corrected chi connectivity index (χ4v) is 3.94. The van der Waals surface area contributed by atoms with Crippen LogP contribution in [0.5, 0.6) is 11.6 Å². The van der Waals surface area contributed by atoms with Gasteiger partial charge in [0.15, 0.2) is 17.2 Å². The van der Waals surface area contributed by atoms with Crippen molar-refractivity contribution < 1.29 is 18.7 Å². The van der Waals surface area contributed by atoms with E-state index in [0.717, 1.165) is 5.56 Å². The Hall–Kier alpha value is -4.44. The Balaban J connectivity index is 1.30. The average Bonchev–Trinajstić information content (AvgIpc) is 3.54. The number of thiophene rings is 1. The van der Waals surface area contributed by atoms with E-state index >= 15 is 0 Å². The summed E-state index contributed by atoms with van der Waals surface area (Å²) in [5, 5.41) is 11.8. The molecule has 1 aromatic carbocycles. The minimum Gasteiger partial charge on any atom is -0.459 e. The average molecular weight is 459 g/mol. The summed E-state index contributed by atoms with van der Waals surface area (Å²) in [6.45, 7) is 1.89. The number of anilines is 2. The number of fused-ring (bicyclic) bond motifs is 1. The number of hydrogen-bond donors (Lipinski definition) is 2. The van der Waals surface area contributed by atoms with Crippen molar-refractivity contribution in [2.75, 3.05) is 10.6 Å². The molecule has 2 amide bonds. The molecule has 0 bridgehead atoms. The Morgan fingerprint density at radius 1 is 1.06 bits per heavy atom. The first-order chi connectivity index (χ1) is 16.0. The van der Waals surface area contributed by atoms with Gasteiger partial charge in [0.25, 0.3) is 11.8 Å². The summed E-state index contributed by atoms with van der Waals surface area (Å²) in [6.07, 6.45) is 3.05. The number of aryl methyl sites for hydroxylation is 1. The third-order valence-corrected chi connectivity index (χ3v) is 5.68. The number of amides is 2. The minimum atomic E-state index is -0.359. The molecule has 0 saturated carbocycles. The van der Waals surface area contributed by atoms with E-state index in [2.05, 4.69) is 20.7 Å². The van der Waals surface area contributed by atoms with Gasteiger partial charge in [0.05, 0.1) is 17.3 Å². The highest BCUT2D eigenvalue weighted by Gasteiger charge is 2.14. The fraction of sp³-hybridized carbons (Fsp3) is 0.0435. The Morgan fingerprint density at radius 3 is 2.76 bits per heavy atom. The number of nitrogens with zero attached hydrogens (tertiary/aromatic N) is 3. The summed E-state index contributed by atoms with van der Waals surface area (Å²) in [4.78, 5) is 29.6. The maximum absolute atomic E-state index is 12.4. The zero-order valence-electron chi connectivity index (χ0n) is 17.3. The van der Waals surface area contributed by atoms with E-state index in [1.807, 2.05) is 18.4 Å². The van der Waals surface area contributed by atoms with Gasteiger partial charge in [-0.05, 0) is 54.3 Å². The van der Waals surface area contributed by atoms with E-state index in [-0.39, 0.29) is 17.6 Å². The number of aromatic nitrogens is 3. The number of carbonyl (C=O) groups excluding carboxylic acids is 2. The number of imidazole rings is 1. The molecule has 5 rings (SSSR count). The van der Waals surface area contributed by atoms with Crippen LogP contribution < -0.4 is 15.4 Å². The van der Waals surface area contributed by atoms with Gasteiger partial charge in [-0.15, -0.1) is 16.4 Å². The van der Waals surface area contributed by atoms with E-state index in [4.69, 9.17) is 9.15 Å². The molecule has 0 unspecified atom stereocenters. The molecule has 4 heterocycles. The lowest BCUT2D eigenvalue weighted by atomic mass is 10.3. The van der Waals surface area contributed by atoms with Crippen LogP contribution in [0.3, 0.4) is 0 Å². The third kappa shape index (κ3) is 4.46. The SMILES string of the molecule is Cc1ccsc1C(=O)Nc1cn2nc(Oc3cccc(NC(=O)c4ccco4)c3)ccc2n1. The monoisotopic (exact) mass is 459 g/mol. The molecule has 2 N–H and O–H groups in total. The van der Waals surface area contributed by atoms with Crippen molar-refractivity contribution in [3.8, 4) is 11.6 Å². The van der Waals surface area contributed by atoms with Crippen molar-refractivity contribution in [3.63, 3.8) is 0 Å². The van der Waals surface area contributed by atoms with Crippen LogP contribution in [0.4, 0.5) is 11.5 Å². The van der Waals surface area contributed by atoms with Crippen LogP contribution in [0.25, 0.3) is 5.65 Å². The van der Waals surface area contributed by atoms with Crippen LogP contribution in [-0.4, -0.2) is 26.4 Å². The molecule has 0 saturated heterocycles. The van der Waals surface area contributed by atoms with E-state index in [0.29, 0.717) is 33.7 Å². The van der Waals surface area contributed by atoms with Gasteiger partial charge in [0.1, 0.15) is 5.75 Å². The number of benzene rings is 1. The molecule has 0 atom stereocenters. The normalized spacial score (nSPS) is 10.8. The molecule has 33 heavy (non-hydrogen) atoms. The summed E-state index contributed by atoms with van der Waals surface area (Å²) in [6, 6.07) is 15.4. The molecule has 0 aliphatic carbocycles. The molecule has 0 aliphatic rings. The summed E-state index contributed by atoms with van der Waals surface area (Å²) in [7, 11) is 0. The largest absolute Gasteiger partial charge is 0.459 e. The first-order valence-corrected chi connectivity index (χ1v) is 10.8. The van der Waals surface area contributed by atoms with Gasteiger partial charge in [-0.1, -0.05) is 6.07 Å². The van der Waals surface area contributed by atoms with Crippen molar-refractivity contribution in [2.24, 2.45) is 0 Å². The van der Waals surface area contributed by atoms with Gasteiger partial charge < -0.3 is 19.8 Å². The number of ether oxygens (including phenoxy) is 1. The molecule has 9 nitrogen and oxygen atoms in total. The molecule has 5 aromatic rings. The third-order valence-electron chi connectivity index (χ3n) is 4.66. The number of carbonyl (C=O) groups is 2. The molecule has 0 aliphatic heterocycles. The highest BCUT2D eigenvalue weighted by atomic mass is 32.1. The van der Waals surface area contributed by atoms with Crippen LogP contribution in [-0.2, 0) is 0 Å². The summed E-state index contributed by atoms with van der Waals surface area (Å²) in [5.74, 6) is 0.839. The Bertz CT molecular complexity index is 1450. The maximum Gasteiger partial charge on any atom is 0.291 e. The van der Waals surface area contributed by atoms with Gasteiger partial charge in [0.2, 0.25) is 5.88 Å². The molecule has 4 aromatic heterocycles. The van der Waals surface area contributed by atoms with Crippen molar-refractivity contribution in [1.29, 1.82) is 0 Å². The molecular formula is C23H17N5O4S. The first kappa shape index (κ1) is 20.5. The second-order valence-electron chi connectivity index (χ2n) is 7.05. The van der Waals surface area contributed by atoms with Crippen LogP contribution >= 0.6 is 11.3 Å². The van der Waals surface area contributed by atoms with Gasteiger partial charge in [0, 0.05) is 17.8 Å². The summed E-state index contributed by atoms with van der Waals surface area (Å²) >= 11 is 1.38. The fourth-order valence-electron chi connectivity index (χ4n) is 3.12. The lowest BCUT2D eigenvalue weighted by Crippen LogP contribution is -2.11. The zero-order chi connectivity index (χ0) is 22.8. The lowest BCUT2D eigenvalue weighted by molar-refractivity contribution is 0.0994. The second-order valence-corrected chi connectivity index (χ2v) is 7.96. The van der Waals surface area contributed by atoms with Crippen LogP contribution in [0.2, 0.25) is 0 Å². The molecule has 0 fully saturated rings. The number of furan rings is 1. The predicted octanol–water partition coefficient (Wildman–Crippen LogP) is 4.99. The minimum absolute atomic E-state index is 0.212. The first-order valence-electron chi connectivity index (χ1n) is 9.90. The molecule has 164 valence electrons. The smallest absolute Gasteiger partial charge is 0.291 e. The number of nitrogens with one attached hydrogen (secondary N) is 2. The van der Waals surface area contributed by atoms with E-state index in [1.165, 1.54) is 22.1 Å². The van der Waals surface area contributed by atoms with E-state index in [1.54, 1.807) is 54.7 Å². The topological polar surface area (TPSA) is 111 Å². The Labute approximate surface area is 191 Å². The number of hydrogen-bond acceptors (Lipinski definition) is 7. The number of rotatable bonds is 6. The lowest BCUT2D eigenvalue weighted by Gasteiger charge is -2.08. The van der Waals surface area contributed by atoms with Gasteiger partial charge in [-0.2, -0.15) is 0 Å². The maximum atomic E-state index is 12.4. The van der Waals surface area contributed by atoms with E-state index < -0.39 is 0 Å². The molecule has 10 heteroatoms. The van der Waals surface area contributed by atoms with Crippen molar-refractivity contribution >= 4 is 40.3 Å². The zero-order valence-corrected chi connectivity index (χ0v) is 18.1. The molecule has 0 spiro atoms. The predicted molar refractivity (Wildman–Crippen MR) is 123 cm³/mol. The van der Waals surface area contributed by atoms with Crippen LogP contribution in [0, 0.1) is 6.92 Å². The Morgan fingerprint density at radius 2 is 1.97 bits per heavy atom. The van der Waals surface area contributed by atoms with Crippen molar-refractivity contribution in [2.45, 2.75) is 6.92 Å². The Kier molecular flexibility index (Phi) is 5.33. The standard InChI is InChI=1S/C23H17N5O4S/c1-14-9-11-33-21(14)23(30)26-18-13-28-19(25-18)7-8-20(27-28)32-16-5-2-4-15(12-16)24-22(29)17-6-3-10-31-17/h2-13H,1H3,(H,24,29)(H,26,30). The van der Waals surface area contributed by atoms with E-state index in [9.17, 15) is 9.59 Å². The second kappa shape index (κ2) is 8.60. The highest BCUT2D eigenvalue weighted by molar-refractivity contribution is 7.12.